The maximum atomic E-state index is 12.4. The van der Waals surface area contributed by atoms with E-state index in [1.165, 1.54) is 12.1 Å². The molecule has 0 bridgehead atoms. The Morgan fingerprint density at radius 2 is 1.78 bits per heavy atom. The normalized spacial score (nSPS) is 13.6. The summed E-state index contributed by atoms with van der Waals surface area (Å²) in [4.78, 5) is 0. The lowest BCUT2D eigenvalue weighted by Gasteiger charge is -2.11. The molecule has 0 saturated heterocycles. The summed E-state index contributed by atoms with van der Waals surface area (Å²) >= 11 is 7.76. The number of alkyl halides is 4. The van der Waals surface area contributed by atoms with Gasteiger partial charge in [-0.1, -0.05) is 12.1 Å². The van der Waals surface area contributed by atoms with Gasteiger partial charge in [-0.2, -0.15) is 24.5 Å². The lowest BCUT2D eigenvalue weighted by Crippen LogP contribution is -2.05. The first-order chi connectivity index (χ1) is 8.47. The number of hydrogen-bond acceptors (Lipinski definition) is 1. The zero-order valence-corrected chi connectivity index (χ0v) is 10.8. The molecule has 1 heterocycles. The summed E-state index contributed by atoms with van der Waals surface area (Å²) in [5, 5.41) is 3.63. The fourth-order valence-corrected chi connectivity index (χ4v) is 2.62. The molecular weight excluding hydrogens is 281 g/mol. The third kappa shape index (κ3) is 3.27. The summed E-state index contributed by atoms with van der Waals surface area (Å²) in [6, 6.07) is 6.97. The van der Waals surface area contributed by atoms with Crippen LogP contribution in [0.15, 0.2) is 41.1 Å². The molecule has 0 aliphatic rings. The van der Waals surface area contributed by atoms with Crippen LogP contribution in [-0.2, 0) is 12.6 Å². The number of halogens is 4. The van der Waals surface area contributed by atoms with Crippen LogP contribution >= 0.6 is 22.9 Å². The number of thiophene rings is 1. The van der Waals surface area contributed by atoms with E-state index >= 15 is 0 Å². The van der Waals surface area contributed by atoms with Gasteiger partial charge in [-0.05, 0) is 46.5 Å². The molecule has 0 aliphatic heterocycles. The molecule has 1 aromatic heterocycles. The molecule has 1 aromatic carbocycles. The van der Waals surface area contributed by atoms with Gasteiger partial charge in [0, 0.05) is 0 Å². The highest BCUT2D eigenvalue weighted by Gasteiger charge is 2.30. The average Bonchev–Trinajstić information content (AvgIpc) is 2.81. The van der Waals surface area contributed by atoms with Crippen LogP contribution < -0.4 is 0 Å². The SMILES string of the molecule is FC(F)(F)c1ccc(C(Cl)Cc2ccsc2)cc1. The minimum absolute atomic E-state index is 0.304. The van der Waals surface area contributed by atoms with Gasteiger partial charge in [-0.25, -0.2) is 0 Å². The molecule has 0 amide bonds. The Bertz CT molecular complexity index is 488. The quantitative estimate of drug-likeness (QED) is 0.674. The monoisotopic (exact) mass is 290 g/mol. The van der Waals surface area contributed by atoms with E-state index in [-0.39, 0.29) is 5.38 Å². The number of hydrogen-bond donors (Lipinski definition) is 0. The summed E-state index contributed by atoms with van der Waals surface area (Å²) in [6.07, 6.45) is -3.68. The Balaban J connectivity index is 2.10. The van der Waals surface area contributed by atoms with Gasteiger partial charge in [0.05, 0.1) is 10.9 Å². The molecule has 0 saturated carbocycles. The van der Waals surface area contributed by atoms with Gasteiger partial charge < -0.3 is 0 Å². The molecule has 5 heteroatoms. The van der Waals surface area contributed by atoms with Crippen molar-refractivity contribution in [1.82, 2.24) is 0 Å². The molecule has 1 unspecified atom stereocenters. The highest BCUT2D eigenvalue weighted by atomic mass is 35.5. The molecule has 1 atom stereocenters. The zero-order chi connectivity index (χ0) is 13.2. The van der Waals surface area contributed by atoms with Crippen molar-refractivity contribution in [3.8, 4) is 0 Å². The Morgan fingerprint density at radius 1 is 1.11 bits per heavy atom. The van der Waals surface area contributed by atoms with Crippen LogP contribution in [-0.4, -0.2) is 0 Å². The minimum atomic E-state index is -4.30. The Kier molecular flexibility index (Phi) is 3.97. The van der Waals surface area contributed by atoms with Crippen molar-refractivity contribution in [2.45, 2.75) is 18.0 Å². The molecule has 0 spiro atoms. The third-order valence-corrected chi connectivity index (χ3v) is 3.73. The molecule has 0 nitrogen and oxygen atoms in total. The van der Waals surface area contributed by atoms with Crippen LogP contribution in [0.25, 0.3) is 0 Å². The molecule has 2 aromatic rings. The van der Waals surface area contributed by atoms with Crippen molar-refractivity contribution in [1.29, 1.82) is 0 Å². The molecule has 0 fully saturated rings. The predicted molar refractivity (Wildman–Crippen MR) is 68.1 cm³/mol. The first kappa shape index (κ1) is 13.4. The standard InChI is InChI=1S/C13H10ClF3S/c14-12(7-9-5-6-18-8-9)10-1-3-11(4-2-10)13(15,16)17/h1-6,8,12H,7H2. The average molecular weight is 291 g/mol. The van der Waals surface area contributed by atoms with Crippen LogP contribution in [0.3, 0.4) is 0 Å². The fraction of sp³-hybridized carbons (Fsp3) is 0.231. The molecule has 0 radical (unpaired) electrons. The number of benzene rings is 1. The molecule has 2 rings (SSSR count). The van der Waals surface area contributed by atoms with Crippen LogP contribution in [0.4, 0.5) is 13.2 Å². The Morgan fingerprint density at radius 3 is 2.28 bits per heavy atom. The maximum absolute atomic E-state index is 12.4. The van der Waals surface area contributed by atoms with E-state index in [2.05, 4.69) is 0 Å². The second-order valence-electron chi connectivity index (χ2n) is 3.92. The van der Waals surface area contributed by atoms with E-state index in [0.29, 0.717) is 12.0 Å². The summed E-state index contributed by atoms with van der Waals surface area (Å²) in [5.41, 5.74) is 1.15. The van der Waals surface area contributed by atoms with Gasteiger partial charge in [-0.3, -0.25) is 0 Å². The summed E-state index contributed by atoms with van der Waals surface area (Å²) in [5.74, 6) is 0. The van der Waals surface area contributed by atoms with Crippen molar-refractivity contribution in [2.24, 2.45) is 0 Å². The van der Waals surface area contributed by atoms with E-state index in [1.807, 2.05) is 16.8 Å². The van der Waals surface area contributed by atoms with E-state index in [4.69, 9.17) is 11.6 Å². The molecule has 96 valence electrons. The molecule has 0 aliphatic carbocycles. The predicted octanol–water partition coefficient (Wildman–Crippen LogP) is 5.29. The largest absolute Gasteiger partial charge is 0.416 e. The van der Waals surface area contributed by atoms with E-state index < -0.39 is 11.7 Å². The van der Waals surface area contributed by atoms with Crippen LogP contribution in [0.2, 0.25) is 0 Å². The Hall–Kier alpha value is -1.00. The lowest BCUT2D eigenvalue weighted by atomic mass is 10.0. The van der Waals surface area contributed by atoms with Crippen molar-refractivity contribution >= 4 is 22.9 Å². The smallest absolute Gasteiger partial charge is 0.166 e. The first-order valence-electron chi connectivity index (χ1n) is 5.29. The van der Waals surface area contributed by atoms with Crippen LogP contribution in [0, 0.1) is 0 Å². The fourth-order valence-electron chi connectivity index (χ4n) is 1.61. The second kappa shape index (κ2) is 5.33. The van der Waals surface area contributed by atoms with Crippen LogP contribution in [0.1, 0.15) is 22.1 Å². The van der Waals surface area contributed by atoms with Gasteiger partial charge in [0.15, 0.2) is 0 Å². The van der Waals surface area contributed by atoms with Crippen molar-refractivity contribution < 1.29 is 13.2 Å². The second-order valence-corrected chi connectivity index (χ2v) is 5.23. The van der Waals surface area contributed by atoms with Gasteiger partial charge in [0.1, 0.15) is 0 Å². The number of rotatable bonds is 3. The zero-order valence-electron chi connectivity index (χ0n) is 9.25. The molecular formula is C13H10ClF3S. The summed E-state index contributed by atoms with van der Waals surface area (Å²) in [7, 11) is 0. The van der Waals surface area contributed by atoms with Gasteiger partial charge in [0.2, 0.25) is 0 Å². The first-order valence-corrected chi connectivity index (χ1v) is 6.67. The summed E-state index contributed by atoms with van der Waals surface area (Å²) < 4.78 is 37.2. The van der Waals surface area contributed by atoms with Gasteiger partial charge >= 0.3 is 6.18 Å². The highest BCUT2D eigenvalue weighted by Crippen LogP contribution is 2.32. The minimum Gasteiger partial charge on any atom is -0.166 e. The van der Waals surface area contributed by atoms with E-state index in [9.17, 15) is 13.2 Å². The van der Waals surface area contributed by atoms with Crippen molar-refractivity contribution in [3.63, 3.8) is 0 Å². The summed E-state index contributed by atoms with van der Waals surface area (Å²) in [6.45, 7) is 0. The van der Waals surface area contributed by atoms with Crippen molar-refractivity contribution in [2.75, 3.05) is 0 Å². The maximum Gasteiger partial charge on any atom is 0.416 e. The molecule has 0 N–H and O–H groups in total. The van der Waals surface area contributed by atoms with E-state index in [0.717, 1.165) is 17.7 Å². The van der Waals surface area contributed by atoms with Crippen molar-refractivity contribution in [3.05, 3.63) is 57.8 Å². The topological polar surface area (TPSA) is 0 Å². The third-order valence-electron chi connectivity index (χ3n) is 2.59. The van der Waals surface area contributed by atoms with E-state index in [1.54, 1.807) is 11.3 Å². The van der Waals surface area contributed by atoms with Gasteiger partial charge in [-0.15, -0.1) is 11.6 Å². The Labute approximate surface area is 112 Å². The molecule has 18 heavy (non-hydrogen) atoms. The van der Waals surface area contributed by atoms with Gasteiger partial charge in [0.25, 0.3) is 0 Å². The highest BCUT2D eigenvalue weighted by molar-refractivity contribution is 7.07. The van der Waals surface area contributed by atoms with Crippen LogP contribution in [0.5, 0.6) is 0 Å². The lowest BCUT2D eigenvalue weighted by molar-refractivity contribution is -0.137.